The molecule has 0 unspecified atom stereocenters. The summed E-state index contributed by atoms with van der Waals surface area (Å²) >= 11 is 16.5. The third-order valence-corrected chi connectivity index (χ3v) is 1.80. The molecule has 1 rings (SSSR count). The SMILES string of the molecule is COCc1cc(F)nc(C(Cl)(Cl)Cl)n1. The molecule has 0 aliphatic carbocycles. The predicted octanol–water partition coefficient (Wildman–Crippen LogP) is 2.59. The maximum absolute atomic E-state index is 12.9. The van der Waals surface area contributed by atoms with Crippen LogP contribution in [0.1, 0.15) is 11.5 Å². The quantitative estimate of drug-likeness (QED) is 0.605. The van der Waals surface area contributed by atoms with E-state index in [1.807, 2.05) is 0 Å². The Morgan fingerprint density at radius 2 is 2.07 bits per heavy atom. The minimum Gasteiger partial charge on any atom is -0.378 e. The van der Waals surface area contributed by atoms with Crippen molar-refractivity contribution in [1.29, 1.82) is 0 Å². The standard InChI is InChI=1S/C7H6Cl3FN2O/c1-14-3-4-2-5(11)13-6(12-4)7(8,9)10/h2H,3H2,1H3. The maximum Gasteiger partial charge on any atom is 0.250 e. The van der Waals surface area contributed by atoms with Crippen LogP contribution < -0.4 is 0 Å². The summed E-state index contributed by atoms with van der Waals surface area (Å²) in [7, 11) is 1.45. The number of nitrogens with zero attached hydrogens (tertiary/aromatic N) is 2. The second kappa shape index (κ2) is 4.57. The second-order valence-electron chi connectivity index (χ2n) is 2.44. The van der Waals surface area contributed by atoms with E-state index < -0.39 is 9.74 Å². The van der Waals surface area contributed by atoms with Crippen LogP contribution in [-0.2, 0) is 15.1 Å². The maximum atomic E-state index is 12.9. The molecule has 1 heterocycles. The lowest BCUT2D eigenvalue weighted by atomic mass is 10.4. The van der Waals surface area contributed by atoms with Crippen molar-refractivity contribution < 1.29 is 9.13 Å². The summed E-state index contributed by atoms with van der Waals surface area (Å²) in [5, 5.41) is 0. The topological polar surface area (TPSA) is 35.0 Å². The van der Waals surface area contributed by atoms with Crippen molar-refractivity contribution in [1.82, 2.24) is 9.97 Å². The highest BCUT2D eigenvalue weighted by atomic mass is 35.6. The zero-order valence-electron chi connectivity index (χ0n) is 7.10. The Bertz CT molecular complexity index is 329. The predicted molar refractivity (Wildman–Crippen MR) is 51.9 cm³/mol. The largest absolute Gasteiger partial charge is 0.378 e. The fourth-order valence-corrected chi connectivity index (χ4v) is 1.07. The minimum atomic E-state index is -1.83. The smallest absolute Gasteiger partial charge is 0.250 e. The molecule has 0 saturated carbocycles. The van der Waals surface area contributed by atoms with Crippen LogP contribution in [-0.4, -0.2) is 17.1 Å². The van der Waals surface area contributed by atoms with Crippen LogP contribution in [0.15, 0.2) is 6.07 Å². The van der Waals surface area contributed by atoms with Crippen LogP contribution in [0.3, 0.4) is 0 Å². The van der Waals surface area contributed by atoms with Crippen LogP contribution in [0.4, 0.5) is 4.39 Å². The fraction of sp³-hybridized carbons (Fsp3) is 0.429. The van der Waals surface area contributed by atoms with Crippen molar-refractivity contribution in [3.05, 3.63) is 23.5 Å². The highest BCUT2D eigenvalue weighted by molar-refractivity contribution is 6.66. The molecule has 14 heavy (non-hydrogen) atoms. The van der Waals surface area contributed by atoms with E-state index in [-0.39, 0.29) is 12.4 Å². The van der Waals surface area contributed by atoms with Gasteiger partial charge in [0, 0.05) is 13.2 Å². The van der Waals surface area contributed by atoms with Gasteiger partial charge in [-0.15, -0.1) is 0 Å². The molecule has 0 atom stereocenters. The first-order valence-electron chi connectivity index (χ1n) is 3.53. The average molecular weight is 259 g/mol. The van der Waals surface area contributed by atoms with Crippen molar-refractivity contribution in [3.8, 4) is 0 Å². The number of halogens is 4. The summed E-state index contributed by atoms with van der Waals surface area (Å²) in [4.78, 5) is 7.18. The first-order valence-corrected chi connectivity index (χ1v) is 4.66. The minimum absolute atomic E-state index is 0.132. The van der Waals surface area contributed by atoms with E-state index in [2.05, 4.69) is 9.97 Å². The van der Waals surface area contributed by atoms with Gasteiger partial charge in [0.1, 0.15) is 0 Å². The molecular weight excluding hydrogens is 253 g/mol. The van der Waals surface area contributed by atoms with Crippen LogP contribution in [0.5, 0.6) is 0 Å². The molecule has 3 nitrogen and oxygen atoms in total. The van der Waals surface area contributed by atoms with Crippen molar-refractivity contribution in [2.75, 3.05) is 7.11 Å². The number of alkyl halides is 3. The highest BCUT2D eigenvalue weighted by Crippen LogP contribution is 2.35. The van der Waals surface area contributed by atoms with Gasteiger partial charge in [0.05, 0.1) is 12.3 Å². The third-order valence-electron chi connectivity index (χ3n) is 1.29. The van der Waals surface area contributed by atoms with Crippen LogP contribution in [0, 0.1) is 5.95 Å². The number of ether oxygens (including phenoxy) is 1. The summed E-state index contributed by atoms with van der Waals surface area (Å²) < 4.78 is 15.8. The van der Waals surface area contributed by atoms with E-state index in [1.54, 1.807) is 0 Å². The van der Waals surface area contributed by atoms with Gasteiger partial charge in [-0.05, 0) is 0 Å². The molecule has 0 fully saturated rings. The van der Waals surface area contributed by atoms with E-state index in [1.165, 1.54) is 7.11 Å². The second-order valence-corrected chi connectivity index (χ2v) is 4.72. The first kappa shape index (κ1) is 11.9. The van der Waals surface area contributed by atoms with Crippen molar-refractivity contribution in [3.63, 3.8) is 0 Å². The zero-order chi connectivity index (χ0) is 10.8. The van der Waals surface area contributed by atoms with Gasteiger partial charge in [-0.2, -0.15) is 9.37 Å². The lowest BCUT2D eigenvalue weighted by Gasteiger charge is -2.10. The molecule has 0 spiro atoms. The van der Waals surface area contributed by atoms with E-state index >= 15 is 0 Å². The molecule has 0 N–H and O–H groups in total. The lowest BCUT2D eigenvalue weighted by molar-refractivity contribution is 0.180. The molecular formula is C7H6Cl3FN2O. The molecule has 7 heteroatoms. The fourth-order valence-electron chi connectivity index (χ4n) is 0.813. The molecule has 78 valence electrons. The molecule has 0 amide bonds. The molecule has 1 aromatic heterocycles. The Morgan fingerprint density at radius 1 is 1.43 bits per heavy atom. The Hall–Kier alpha value is -0.160. The Kier molecular flexibility index (Phi) is 3.89. The normalized spacial score (nSPS) is 11.8. The Balaban J connectivity index is 3.07. The Morgan fingerprint density at radius 3 is 2.57 bits per heavy atom. The number of hydrogen-bond acceptors (Lipinski definition) is 3. The number of rotatable bonds is 2. The van der Waals surface area contributed by atoms with Crippen LogP contribution in [0.25, 0.3) is 0 Å². The summed E-state index contributed by atoms with van der Waals surface area (Å²) in [6, 6.07) is 1.11. The molecule has 0 bridgehead atoms. The van der Waals surface area contributed by atoms with Gasteiger partial charge < -0.3 is 4.74 Å². The summed E-state index contributed by atoms with van der Waals surface area (Å²) in [6.45, 7) is 0.132. The van der Waals surface area contributed by atoms with E-state index in [0.29, 0.717) is 5.69 Å². The van der Waals surface area contributed by atoms with Gasteiger partial charge >= 0.3 is 0 Å². The number of aromatic nitrogens is 2. The van der Waals surface area contributed by atoms with Gasteiger partial charge in [-0.1, -0.05) is 34.8 Å². The van der Waals surface area contributed by atoms with E-state index in [0.717, 1.165) is 6.07 Å². The van der Waals surface area contributed by atoms with Crippen molar-refractivity contribution in [2.24, 2.45) is 0 Å². The molecule has 0 radical (unpaired) electrons. The average Bonchev–Trinajstić information content (AvgIpc) is 2.02. The lowest BCUT2D eigenvalue weighted by Crippen LogP contribution is -2.11. The van der Waals surface area contributed by atoms with Gasteiger partial charge in [0.25, 0.3) is 0 Å². The molecule has 0 saturated heterocycles. The summed E-state index contributed by atoms with van der Waals surface area (Å²) in [5.41, 5.74) is 0.321. The molecule has 0 aliphatic heterocycles. The number of methoxy groups -OCH3 is 1. The summed E-state index contributed by atoms with van der Waals surface area (Å²) in [6.07, 6.45) is 0. The molecule has 0 aromatic carbocycles. The number of hydrogen-bond donors (Lipinski definition) is 0. The van der Waals surface area contributed by atoms with E-state index in [4.69, 9.17) is 39.5 Å². The van der Waals surface area contributed by atoms with Crippen molar-refractivity contribution >= 4 is 34.8 Å². The van der Waals surface area contributed by atoms with Crippen LogP contribution >= 0.6 is 34.8 Å². The van der Waals surface area contributed by atoms with Crippen molar-refractivity contribution in [2.45, 2.75) is 10.4 Å². The van der Waals surface area contributed by atoms with E-state index in [9.17, 15) is 4.39 Å². The van der Waals surface area contributed by atoms with Gasteiger partial charge in [-0.25, -0.2) is 4.98 Å². The van der Waals surface area contributed by atoms with Gasteiger partial charge in [-0.3, -0.25) is 0 Å². The zero-order valence-corrected chi connectivity index (χ0v) is 9.37. The summed E-state index contributed by atoms with van der Waals surface area (Å²) in [5.74, 6) is -0.956. The van der Waals surface area contributed by atoms with Crippen LogP contribution in [0.2, 0.25) is 0 Å². The molecule has 0 aliphatic rings. The first-order chi connectivity index (χ1) is 6.43. The monoisotopic (exact) mass is 258 g/mol. The van der Waals surface area contributed by atoms with Gasteiger partial charge in [0.2, 0.25) is 9.74 Å². The molecule has 1 aromatic rings. The third kappa shape index (κ3) is 3.20. The van der Waals surface area contributed by atoms with Gasteiger partial charge in [0.15, 0.2) is 5.82 Å². The highest BCUT2D eigenvalue weighted by Gasteiger charge is 2.27. The Labute approximate surface area is 95.2 Å².